The summed E-state index contributed by atoms with van der Waals surface area (Å²) in [4.78, 5) is 10.6. The number of benzene rings is 1. The van der Waals surface area contributed by atoms with Gasteiger partial charge >= 0.3 is 5.97 Å². The van der Waals surface area contributed by atoms with E-state index in [1.54, 1.807) is 6.92 Å². The van der Waals surface area contributed by atoms with Crippen molar-refractivity contribution in [1.82, 2.24) is 0 Å². The van der Waals surface area contributed by atoms with Gasteiger partial charge in [-0.25, -0.2) is 0 Å². The number of para-hydroxylation sites is 1. The van der Waals surface area contributed by atoms with Crippen LogP contribution in [-0.4, -0.2) is 18.7 Å². The van der Waals surface area contributed by atoms with Crippen molar-refractivity contribution in [3.05, 3.63) is 30.3 Å². The van der Waals surface area contributed by atoms with Gasteiger partial charge in [-0.05, 0) is 19.1 Å². The van der Waals surface area contributed by atoms with Gasteiger partial charge in [0.25, 0.3) is 0 Å². The third-order valence-corrected chi connectivity index (χ3v) is 1.60. The largest absolute Gasteiger partial charge is 0.490 e. The molecule has 0 aliphatic heterocycles. The van der Waals surface area contributed by atoms with Crippen LogP contribution in [0.25, 0.3) is 0 Å². The Morgan fingerprint density at radius 1 is 1.36 bits per heavy atom. The lowest BCUT2D eigenvalue weighted by Gasteiger charge is -2.12. The van der Waals surface area contributed by atoms with Crippen LogP contribution in [0.5, 0.6) is 5.75 Å². The van der Waals surface area contributed by atoms with Crippen molar-refractivity contribution in [2.24, 2.45) is 0 Å². The fraction of sp³-hybridized carbons (Fsp3) is 0.364. The van der Waals surface area contributed by atoms with E-state index in [1.807, 2.05) is 30.3 Å². The molecule has 1 aromatic rings. The maximum absolute atomic E-state index is 10.6. The van der Waals surface area contributed by atoms with Gasteiger partial charge in [0.2, 0.25) is 0 Å². The molecule has 0 radical (unpaired) electrons. The van der Waals surface area contributed by atoms with E-state index in [2.05, 4.69) is 0 Å². The molecule has 1 aromatic carbocycles. The van der Waals surface area contributed by atoms with Crippen molar-refractivity contribution in [1.29, 1.82) is 0 Å². The zero-order chi connectivity index (χ0) is 10.4. The Morgan fingerprint density at radius 3 is 2.57 bits per heavy atom. The number of ether oxygens (including phenoxy) is 2. The monoisotopic (exact) mass is 194 g/mol. The molecule has 0 N–H and O–H groups in total. The molecule has 0 amide bonds. The normalized spacial score (nSPS) is 11.9. The predicted octanol–water partition coefficient (Wildman–Crippen LogP) is 2.02. The standard InChI is InChI=1S/C11H14O3/c1-9(14-10(2)12)8-13-11-6-4-3-5-7-11/h3-7,9H,8H2,1-2H3/t9-/m1/s1. The van der Waals surface area contributed by atoms with E-state index in [9.17, 15) is 4.79 Å². The quantitative estimate of drug-likeness (QED) is 0.688. The number of esters is 1. The zero-order valence-electron chi connectivity index (χ0n) is 8.40. The van der Waals surface area contributed by atoms with E-state index >= 15 is 0 Å². The van der Waals surface area contributed by atoms with Crippen molar-refractivity contribution < 1.29 is 14.3 Å². The summed E-state index contributed by atoms with van der Waals surface area (Å²) in [5, 5.41) is 0. The van der Waals surface area contributed by atoms with Crippen LogP contribution in [0.4, 0.5) is 0 Å². The molecule has 3 heteroatoms. The van der Waals surface area contributed by atoms with Gasteiger partial charge in [-0.15, -0.1) is 0 Å². The molecule has 1 rings (SSSR count). The summed E-state index contributed by atoms with van der Waals surface area (Å²) in [7, 11) is 0. The lowest BCUT2D eigenvalue weighted by Crippen LogP contribution is -2.20. The van der Waals surface area contributed by atoms with Crippen LogP contribution in [0, 0.1) is 0 Å². The van der Waals surface area contributed by atoms with Gasteiger partial charge in [0.15, 0.2) is 0 Å². The van der Waals surface area contributed by atoms with Crippen LogP contribution in [-0.2, 0) is 9.53 Å². The third kappa shape index (κ3) is 3.94. The van der Waals surface area contributed by atoms with Crippen LogP contribution < -0.4 is 4.74 Å². The first-order chi connectivity index (χ1) is 6.68. The summed E-state index contributed by atoms with van der Waals surface area (Å²) in [6, 6.07) is 9.43. The average molecular weight is 194 g/mol. The number of rotatable bonds is 4. The molecule has 0 aliphatic rings. The molecule has 0 unspecified atom stereocenters. The van der Waals surface area contributed by atoms with Crippen molar-refractivity contribution in [3.8, 4) is 5.75 Å². The highest BCUT2D eigenvalue weighted by molar-refractivity contribution is 5.66. The molecular formula is C11H14O3. The number of carbonyl (C=O) groups excluding carboxylic acids is 1. The highest BCUT2D eigenvalue weighted by atomic mass is 16.6. The summed E-state index contributed by atoms with van der Waals surface area (Å²) >= 11 is 0. The van der Waals surface area contributed by atoms with Crippen LogP contribution in [0.3, 0.4) is 0 Å². The smallest absolute Gasteiger partial charge is 0.303 e. The van der Waals surface area contributed by atoms with Gasteiger partial charge in [-0.2, -0.15) is 0 Å². The summed E-state index contributed by atoms with van der Waals surface area (Å²) in [5.41, 5.74) is 0. The van der Waals surface area contributed by atoms with Gasteiger partial charge < -0.3 is 9.47 Å². The van der Waals surface area contributed by atoms with Crippen LogP contribution in [0.2, 0.25) is 0 Å². The Balaban J connectivity index is 2.30. The van der Waals surface area contributed by atoms with Gasteiger partial charge in [0.1, 0.15) is 18.5 Å². The molecule has 0 saturated carbocycles. The van der Waals surface area contributed by atoms with Crippen molar-refractivity contribution in [2.45, 2.75) is 20.0 Å². The molecule has 76 valence electrons. The zero-order valence-corrected chi connectivity index (χ0v) is 8.40. The van der Waals surface area contributed by atoms with Gasteiger partial charge in [0, 0.05) is 6.92 Å². The molecule has 0 aliphatic carbocycles. The Kier molecular flexibility index (Phi) is 3.98. The predicted molar refractivity (Wildman–Crippen MR) is 53.2 cm³/mol. The van der Waals surface area contributed by atoms with Crippen molar-refractivity contribution in [2.75, 3.05) is 6.61 Å². The van der Waals surface area contributed by atoms with Gasteiger partial charge in [-0.3, -0.25) is 4.79 Å². The Labute approximate surface area is 83.6 Å². The molecule has 0 saturated heterocycles. The SMILES string of the molecule is CC(=O)O[C@H](C)COc1ccccc1. The fourth-order valence-electron chi connectivity index (χ4n) is 1.05. The summed E-state index contributed by atoms with van der Waals surface area (Å²) in [6.45, 7) is 3.56. The topological polar surface area (TPSA) is 35.5 Å². The van der Waals surface area contributed by atoms with E-state index in [-0.39, 0.29) is 12.1 Å². The van der Waals surface area contributed by atoms with Crippen LogP contribution >= 0.6 is 0 Å². The van der Waals surface area contributed by atoms with Gasteiger partial charge in [-0.1, -0.05) is 18.2 Å². The third-order valence-electron chi connectivity index (χ3n) is 1.60. The molecule has 0 bridgehead atoms. The first-order valence-corrected chi connectivity index (χ1v) is 4.53. The Morgan fingerprint density at radius 2 is 2.00 bits per heavy atom. The van der Waals surface area contributed by atoms with E-state index in [4.69, 9.17) is 9.47 Å². The number of hydrogen-bond donors (Lipinski definition) is 0. The lowest BCUT2D eigenvalue weighted by molar-refractivity contribution is -0.146. The molecule has 14 heavy (non-hydrogen) atoms. The molecule has 0 aromatic heterocycles. The van der Waals surface area contributed by atoms with E-state index in [1.165, 1.54) is 6.92 Å². The Hall–Kier alpha value is -1.51. The minimum Gasteiger partial charge on any atom is -0.490 e. The van der Waals surface area contributed by atoms with Crippen LogP contribution in [0.15, 0.2) is 30.3 Å². The number of hydrogen-bond acceptors (Lipinski definition) is 3. The van der Waals surface area contributed by atoms with Crippen LogP contribution in [0.1, 0.15) is 13.8 Å². The van der Waals surface area contributed by atoms with Crippen molar-refractivity contribution >= 4 is 5.97 Å². The molecule has 0 fully saturated rings. The molecule has 3 nitrogen and oxygen atoms in total. The summed E-state index contributed by atoms with van der Waals surface area (Å²) < 4.78 is 10.3. The molecule has 1 atom stereocenters. The van der Waals surface area contributed by atoms with Crippen molar-refractivity contribution in [3.63, 3.8) is 0 Å². The highest BCUT2D eigenvalue weighted by Gasteiger charge is 2.05. The maximum atomic E-state index is 10.6. The minimum absolute atomic E-state index is 0.215. The first-order valence-electron chi connectivity index (χ1n) is 4.53. The minimum atomic E-state index is -0.283. The highest BCUT2D eigenvalue weighted by Crippen LogP contribution is 2.08. The molecule has 0 spiro atoms. The lowest BCUT2D eigenvalue weighted by atomic mass is 10.3. The molecular weight excluding hydrogens is 180 g/mol. The van der Waals surface area contributed by atoms with E-state index in [0.717, 1.165) is 5.75 Å². The second-order valence-electron chi connectivity index (χ2n) is 3.04. The first kappa shape index (κ1) is 10.6. The summed E-state index contributed by atoms with van der Waals surface area (Å²) in [6.07, 6.45) is -0.215. The van der Waals surface area contributed by atoms with E-state index < -0.39 is 0 Å². The second-order valence-corrected chi connectivity index (χ2v) is 3.04. The number of carbonyl (C=O) groups is 1. The van der Waals surface area contributed by atoms with Gasteiger partial charge in [0.05, 0.1) is 0 Å². The average Bonchev–Trinajstić information content (AvgIpc) is 2.15. The molecule has 0 heterocycles. The fourth-order valence-corrected chi connectivity index (χ4v) is 1.05. The maximum Gasteiger partial charge on any atom is 0.303 e. The van der Waals surface area contributed by atoms with E-state index in [0.29, 0.717) is 6.61 Å². The Bertz CT molecular complexity index is 282. The second kappa shape index (κ2) is 5.27. The summed E-state index contributed by atoms with van der Waals surface area (Å²) in [5.74, 6) is 0.501.